The van der Waals surface area contributed by atoms with E-state index in [2.05, 4.69) is 15.0 Å². The third kappa shape index (κ3) is 4.77. The summed E-state index contributed by atoms with van der Waals surface area (Å²) in [6.07, 6.45) is 3.04. The Bertz CT molecular complexity index is 1070. The molecule has 0 aliphatic heterocycles. The number of amides is 1. The lowest BCUT2D eigenvalue weighted by Crippen LogP contribution is -2.18. The number of hydrogen-bond acceptors (Lipinski definition) is 4. The van der Waals surface area contributed by atoms with Gasteiger partial charge in [0.2, 0.25) is 0 Å². The van der Waals surface area contributed by atoms with Crippen LogP contribution in [0.15, 0.2) is 71.9 Å². The van der Waals surface area contributed by atoms with E-state index in [1.165, 1.54) is 48.7 Å². The SMILES string of the molecule is O=C(Nc1cccnc1)c1cc(Cl)ccc1NS(=O)(=O)c1ccc(Cl)cc1. The Morgan fingerprint density at radius 1 is 0.963 bits per heavy atom. The topological polar surface area (TPSA) is 88.2 Å². The number of hydrogen-bond donors (Lipinski definition) is 2. The van der Waals surface area contributed by atoms with Crippen LogP contribution in [0.1, 0.15) is 10.4 Å². The van der Waals surface area contributed by atoms with Crippen molar-refractivity contribution in [2.24, 2.45) is 0 Å². The zero-order valence-corrected chi connectivity index (χ0v) is 16.0. The first-order valence-corrected chi connectivity index (χ1v) is 9.88. The summed E-state index contributed by atoms with van der Waals surface area (Å²) in [5.74, 6) is -0.528. The molecule has 1 aromatic heterocycles. The number of aromatic nitrogens is 1. The third-order valence-corrected chi connectivity index (χ3v) is 5.38. The van der Waals surface area contributed by atoms with Gasteiger partial charge in [-0.05, 0) is 54.6 Å². The molecule has 2 N–H and O–H groups in total. The summed E-state index contributed by atoms with van der Waals surface area (Å²) in [4.78, 5) is 16.5. The van der Waals surface area contributed by atoms with Gasteiger partial charge in [0.05, 0.1) is 28.0 Å². The van der Waals surface area contributed by atoms with E-state index < -0.39 is 15.9 Å². The van der Waals surface area contributed by atoms with E-state index in [0.717, 1.165) is 0 Å². The van der Waals surface area contributed by atoms with Gasteiger partial charge < -0.3 is 5.32 Å². The zero-order valence-electron chi connectivity index (χ0n) is 13.7. The number of rotatable bonds is 5. The molecule has 9 heteroatoms. The van der Waals surface area contributed by atoms with Crippen molar-refractivity contribution < 1.29 is 13.2 Å². The maximum atomic E-state index is 12.6. The number of benzene rings is 2. The summed E-state index contributed by atoms with van der Waals surface area (Å²) in [6, 6.07) is 13.3. The molecule has 0 aliphatic rings. The van der Waals surface area contributed by atoms with Gasteiger partial charge in [0.15, 0.2) is 0 Å². The van der Waals surface area contributed by atoms with Crippen LogP contribution in [0.3, 0.4) is 0 Å². The van der Waals surface area contributed by atoms with Gasteiger partial charge in [0.1, 0.15) is 0 Å². The molecular weight excluding hydrogens is 409 g/mol. The number of carbonyl (C=O) groups is 1. The van der Waals surface area contributed by atoms with E-state index in [0.29, 0.717) is 15.7 Å². The van der Waals surface area contributed by atoms with E-state index >= 15 is 0 Å². The normalized spacial score (nSPS) is 11.0. The number of pyridine rings is 1. The predicted molar refractivity (Wildman–Crippen MR) is 106 cm³/mol. The molecule has 2 aromatic carbocycles. The summed E-state index contributed by atoms with van der Waals surface area (Å²) < 4.78 is 27.6. The van der Waals surface area contributed by atoms with Crippen LogP contribution < -0.4 is 10.0 Å². The maximum absolute atomic E-state index is 12.6. The Hall–Kier alpha value is -2.61. The van der Waals surface area contributed by atoms with Crippen LogP contribution in [0, 0.1) is 0 Å². The van der Waals surface area contributed by atoms with Gasteiger partial charge >= 0.3 is 0 Å². The van der Waals surface area contributed by atoms with Crippen LogP contribution in [-0.4, -0.2) is 19.3 Å². The number of sulfonamides is 1. The second-order valence-electron chi connectivity index (χ2n) is 5.45. The Balaban J connectivity index is 1.92. The summed E-state index contributed by atoms with van der Waals surface area (Å²) >= 11 is 11.8. The molecule has 6 nitrogen and oxygen atoms in total. The fourth-order valence-electron chi connectivity index (χ4n) is 2.25. The van der Waals surface area contributed by atoms with Crippen molar-refractivity contribution >= 4 is 50.5 Å². The minimum absolute atomic E-state index is 0.0143. The summed E-state index contributed by atoms with van der Waals surface area (Å²) in [7, 11) is -3.92. The molecule has 3 aromatic rings. The number of nitrogens with zero attached hydrogens (tertiary/aromatic N) is 1. The molecular formula is C18H13Cl2N3O3S. The highest BCUT2D eigenvalue weighted by molar-refractivity contribution is 7.92. The second-order valence-corrected chi connectivity index (χ2v) is 8.00. The molecule has 0 unspecified atom stereocenters. The monoisotopic (exact) mass is 421 g/mol. The first-order valence-electron chi connectivity index (χ1n) is 7.64. The van der Waals surface area contributed by atoms with Crippen LogP contribution in [0.4, 0.5) is 11.4 Å². The van der Waals surface area contributed by atoms with Gasteiger partial charge in [-0.1, -0.05) is 23.2 Å². The van der Waals surface area contributed by atoms with Crippen LogP contribution >= 0.6 is 23.2 Å². The van der Waals surface area contributed by atoms with Crippen molar-refractivity contribution in [3.05, 3.63) is 82.6 Å². The molecule has 0 bridgehead atoms. The molecule has 0 saturated carbocycles. The van der Waals surface area contributed by atoms with E-state index in [9.17, 15) is 13.2 Å². The van der Waals surface area contributed by atoms with Crippen molar-refractivity contribution in [2.75, 3.05) is 10.0 Å². The summed E-state index contributed by atoms with van der Waals surface area (Å²) in [5, 5.41) is 3.35. The Kier molecular flexibility index (Phi) is 5.65. The molecule has 27 heavy (non-hydrogen) atoms. The van der Waals surface area contributed by atoms with Crippen molar-refractivity contribution in [3.63, 3.8) is 0 Å². The van der Waals surface area contributed by atoms with Crippen molar-refractivity contribution in [2.45, 2.75) is 4.90 Å². The smallest absolute Gasteiger partial charge is 0.261 e. The molecule has 3 rings (SSSR count). The van der Waals surface area contributed by atoms with Gasteiger partial charge in [-0.25, -0.2) is 8.42 Å². The molecule has 0 spiro atoms. The molecule has 0 saturated heterocycles. The summed E-state index contributed by atoms with van der Waals surface area (Å²) in [6.45, 7) is 0. The molecule has 0 radical (unpaired) electrons. The van der Waals surface area contributed by atoms with E-state index in [4.69, 9.17) is 23.2 Å². The highest BCUT2D eigenvalue weighted by Gasteiger charge is 2.19. The number of anilines is 2. The van der Waals surface area contributed by atoms with E-state index in [-0.39, 0.29) is 16.1 Å². The van der Waals surface area contributed by atoms with Crippen LogP contribution in [0.5, 0.6) is 0 Å². The largest absolute Gasteiger partial charge is 0.321 e. The Morgan fingerprint density at radius 2 is 1.67 bits per heavy atom. The summed E-state index contributed by atoms with van der Waals surface area (Å²) in [5.41, 5.74) is 0.633. The van der Waals surface area contributed by atoms with Crippen LogP contribution in [-0.2, 0) is 10.0 Å². The minimum atomic E-state index is -3.92. The fourth-order valence-corrected chi connectivity index (χ4v) is 3.62. The van der Waals surface area contributed by atoms with Crippen molar-refractivity contribution in [3.8, 4) is 0 Å². The average Bonchev–Trinajstić information content (AvgIpc) is 2.64. The minimum Gasteiger partial charge on any atom is -0.321 e. The predicted octanol–water partition coefficient (Wildman–Crippen LogP) is 4.44. The van der Waals surface area contributed by atoms with Crippen LogP contribution in [0.2, 0.25) is 10.0 Å². The quantitative estimate of drug-likeness (QED) is 0.636. The van der Waals surface area contributed by atoms with Crippen molar-refractivity contribution in [1.82, 2.24) is 4.98 Å². The molecule has 0 atom stereocenters. The molecule has 1 amide bonds. The van der Waals surface area contributed by atoms with Crippen molar-refractivity contribution in [1.29, 1.82) is 0 Å². The van der Waals surface area contributed by atoms with Gasteiger partial charge in [0, 0.05) is 16.2 Å². The molecule has 138 valence electrons. The van der Waals surface area contributed by atoms with E-state index in [1.54, 1.807) is 18.3 Å². The first kappa shape index (κ1) is 19.2. The molecule has 1 heterocycles. The number of carbonyl (C=O) groups excluding carboxylic acids is 1. The first-order chi connectivity index (χ1) is 12.8. The number of nitrogens with one attached hydrogen (secondary N) is 2. The van der Waals surface area contributed by atoms with E-state index in [1.807, 2.05) is 0 Å². The standard InChI is InChI=1S/C18H13Cl2N3O3S/c19-12-3-6-15(7-4-12)27(25,26)23-17-8-5-13(20)10-16(17)18(24)22-14-2-1-9-21-11-14/h1-11,23H,(H,22,24). The van der Waals surface area contributed by atoms with Crippen LogP contribution in [0.25, 0.3) is 0 Å². The Labute approximate surface area is 166 Å². The Morgan fingerprint density at radius 3 is 2.33 bits per heavy atom. The highest BCUT2D eigenvalue weighted by Crippen LogP contribution is 2.25. The van der Waals surface area contributed by atoms with Gasteiger partial charge in [0.25, 0.3) is 15.9 Å². The maximum Gasteiger partial charge on any atom is 0.261 e. The van der Waals surface area contributed by atoms with Gasteiger partial charge in [-0.2, -0.15) is 0 Å². The third-order valence-electron chi connectivity index (χ3n) is 3.51. The average molecular weight is 422 g/mol. The molecule has 0 aliphatic carbocycles. The second kappa shape index (κ2) is 7.96. The highest BCUT2D eigenvalue weighted by atomic mass is 35.5. The lowest BCUT2D eigenvalue weighted by atomic mass is 10.1. The lowest BCUT2D eigenvalue weighted by molar-refractivity contribution is 0.102. The fraction of sp³-hybridized carbons (Fsp3) is 0. The lowest BCUT2D eigenvalue weighted by Gasteiger charge is -2.13. The molecule has 0 fully saturated rings. The zero-order chi connectivity index (χ0) is 19.4. The van der Waals surface area contributed by atoms with Gasteiger partial charge in [-0.15, -0.1) is 0 Å². The van der Waals surface area contributed by atoms with Gasteiger partial charge in [-0.3, -0.25) is 14.5 Å². The number of halogens is 2.